The third-order valence-electron chi connectivity index (χ3n) is 5.58. The number of ether oxygens (including phenoxy) is 4. The van der Waals surface area contributed by atoms with E-state index in [0.717, 1.165) is 37.8 Å². The summed E-state index contributed by atoms with van der Waals surface area (Å²) in [4.78, 5) is 46.5. The molecular weight excluding hydrogens is 444 g/mol. The quantitative estimate of drug-likeness (QED) is 0.216. The largest absolute Gasteiger partial charge is 0.459 e. The smallest absolute Gasteiger partial charge is 0.407 e. The molecule has 196 valence electrons. The van der Waals surface area contributed by atoms with Crippen molar-refractivity contribution in [2.24, 2.45) is 11.8 Å². The van der Waals surface area contributed by atoms with Gasteiger partial charge in [-0.15, -0.1) is 0 Å². The Kier molecular flexibility index (Phi) is 14.1. The van der Waals surface area contributed by atoms with Crippen LogP contribution in [0.15, 0.2) is 25.3 Å². The van der Waals surface area contributed by atoms with Gasteiger partial charge < -0.3 is 29.6 Å². The number of rotatable bonds is 14. The van der Waals surface area contributed by atoms with E-state index in [2.05, 4.69) is 23.8 Å². The van der Waals surface area contributed by atoms with Crippen molar-refractivity contribution in [3.05, 3.63) is 25.3 Å². The van der Waals surface area contributed by atoms with E-state index < -0.39 is 36.3 Å². The predicted molar refractivity (Wildman–Crippen MR) is 129 cm³/mol. The number of alkyl carbamates (subject to hydrolysis) is 2. The fraction of sp³-hybridized carbons (Fsp3) is 0.667. The van der Waals surface area contributed by atoms with Crippen LogP contribution in [0.1, 0.15) is 55.2 Å². The van der Waals surface area contributed by atoms with Gasteiger partial charge >= 0.3 is 24.1 Å². The van der Waals surface area contributed by atoms with Crippen molar-refractivity contribution >= 4 is 24.1 Å². The number of nitrogens with one attached hydrogen (secondary N) is 2. The molecule has 0 aromatic rings. The van der Waals surface area contributed by atoms with Gasteiger partial charge in [-0.3, -0.25) is 0 Å². The molecule has 0 heterocycles. The molecule has 0 saturated heterocycles. The second kappa shape index (κ2) is 16.6. The van der Waals surface area contributed by atoms with Crippen LogP contribution in [0.2, 0.25) is 0 Å². The molecule has 0 aromatic carbocycles. The first-order valence-corrected chi connectivity index (χ1v) is 11.8. The highest BCUT2D eigenvalue weighted by atomic mass is 16.6. The number of carbonyl (C=O) groups excluding carboxylic acids is 4. The molecule has 2 N–H and O–H groups in total. The van der Waals surface area contributed by atoms with E-state index in [1.807, 2.05) is 13.8 Å². The number of carbonyl (C=O) groups is 4. The lowest BCUT2D eigenvalue weighted by molar-refractivity contribution is -0.141. The maximum Gasteiger partial charge on any atom is 0.407 e. The van der Waals surface area contributed by atoms with Crippen LogP contribution in [-0.4, -0.2) is 62.6 Å². The minimum absolute atomic E-state index is 0. The summed E-state index contributed by atoms with van der Waals surface area (Å²) in [6, 6.07) is 0. The molecule has 10 nitrogen and oxygen atoms in total. The highest BCUT2D eigenvalue weighted by molar-refractivity contribution is 5.81. The third kappa shape index (κ3) is 12.3. The number of amides is 2. The molecule has 1 aliphatic rings. The Hall–Kier alpha value is -3.04. The average Bonchev–Trinajstić information content (AvgIpc) is 2.86. The van der Waals surface area contributed by atoms with Crippen molar-refractivity contribution in [3.63, 3.8) is 0 Å². The van der Waals surface area contributed by atoms with Crippen molar-refractivity contribution in [1.82, 2.24) is 10.6 Å². The first kappa shape index (κ1) is 29.0. The lowest BCUT2D eigenvalue weighted by Gasteiger charge is -2.29. The minimum atomic E-state index is -0.561. The Morgan fingerprint density at radius 2 is 1.26 bits per heavy atom. The van der Waals surface area contributed by atoms with E-state index in [1.165, 1.54) is 0 Å². The van der Waals surface area contributed by atoms with Gasteiger partial charge in [0.05, 0.1) is 0 Å². The number of hydrogen-bond acceptors (Lipinski definition) is 8. The highest BCUT2D eigenvalue weighted by Crippen LogP contribution is 2.28. The molecule has 0 bridgehead atoms. The predicted octanol–water partition coefficient (Wildman–Crippen LogP) is 3.75. The molecule has 0 radical (unpaired) electrons. The summed E-state index contributed by atoms with van der Waals surface area (Å²) in [6.45, 7) is 11.2. The fourth-order valence-corrected chi connectivity index (χ4v) is 3.55. The van der Waals surface area contributed by atoms with Crippen LogP contribution in [0.3, 0.4) is 0 Å². The lowest BCUT2D eigenvalue weighted by Crippen LogP contribution is -2.38. The van der Waals surface area contributed by atoms with Crippen molar-refractivity contribution in [2.45, 2.75) is 64.6 Å². The van der Waals surface area contributed by atoms with E-state index in [1.54, 1.807) is 0 Å². The lowest BCUT2D eigenvalue weighted by atomic mass is 9.81. The summed E-state index contributed by atoms with van der Waals surface area (Å²) in [5.74, 6) is -0.585. The zero-order valence-electron chi connectivity index (χ0n) is 20.2. The van der Waals surface area contributed by atoms with Crippen LogP contribution in [0.5, 0.6) is 0 Å². The van der Waals surface area contributed by atoms with Crippen LogP contribution in [0, 0.1) is 11.8 Å². The fourth-order valence-electron chi connectivity index (χ4n) is 3.55. The van der Waals surface area contributed by atoms with Gasteiger partial charge in [-0.2, -0.15) is 0 Å². The van der Waals surface area contributed by atoms with Gasteiger partial charge in [-0.25, -0.2) is 19.2 Å². The molecule has 2 amide bonds. The molecule has 10 heteroatoms. The Balaban J connectivity index is 0. The Bertz CT molecular complexity index is 652. The van der Waals surface area contributed by atoms with Crippen molar-refractivity contribution < 1.29 is 41.0 Å². The number of esters is 2. The maximum atomic E-state index is 12.1. The molecular formula is C24H42N2O8. The van der Waals surface area contributed by atoms with Gasteiger partial charge in [0.1, 0.15) is 25.4 Å². The van der Waals surface area contributed by atoms with E-state index in [-0.39, 0.29) is 27.9 Å². The van der Waals surface area contributed by atoms with Gasteiger partial charge in [0.15, 0.2) is 0 Å². The molecule has 34 heavy (non-hydrogen) atoms. The van der Waals surface area contributed by atoms with Crippen molar-refractivity contribution in [2.75, 3.05) is 26.3 Å². The molecule has 1 saturated carbocycles. The summed E-state index contributed by atoms with van der Waals surface area (Å²) in [5, 5.41) is 5.57. The second-order valence-electron chi connectivity index (χ2n) is 8.20. The third-order valence-corrected chi connectivity index (χ3v) is 5.58. The SMILES string of the molecule is C=CC(=O)OCC(CC)OC(=O)NCC1CCCC(CNC(=O)OC(CC)COC(=O)C=C)C1.[HH].[HH]. The minimum Gasteiger partial charge on any atom is -0.459 e. The van der Waals surface area contributed by atoms with Gasteiger partial charge in [0.2, 0.25) is 0 Å². The standard InChI is InChI=1S/C24H38N2O8.2H2/c1-5-19(15-31-21(27)7-3)33-23(29)25-13-17-10-9-11-18(12-17)14-26-24(30)34-20(6-2)16-32-22(28)8-4;;/h7-8,17-20H,3-6,9-16H2,1-2H3,(H,25,29)(H,26,30);2*1H. The monoisotopic (exact) mass is 486 g/mol. The summed E-state index contributed by atoms with van der Waals surface area (Å²) in [6.07, 6.45) is 4.80. The van der Waals surface area contributed by atoms with E-state index in [4.69, 9.17) is 18.9 Å². The second-order valence-corrected chi connectivity index (χ2v) is 8.20. The van der Waals surface area contributed by atoms with E-state index in [0.29, 0.717) is 25.9 Å². The molecule has 1 rings (SSSR count). The average molecular weight is 487 g/mol. The molecule has 0 spiro atoms. The van der Waals surface area contributed by atoms with Crippen LogP contribution >= 0.6 is 0 Å². The Morgan fingerprint density at radius 3 is 1.62 bits per heavy atom. The van der Waals surface area contributed by atoms with Crippen LogP contribution in [-0.2, 0) is 28.5 Å². The van der Waals surface area contributed by atoms with Gasteiger partial charge in [0, 0.05) is 28.1 Å². The topological polar surface area (TPSA) is 129 Å². The molecule has 0 aromatic heterocycles. The Labute approximate surface area is 204 Å². The summed E-state index contributed by atoms with van der Waals surface area (Å²) < 4.78 is 20.5. The summed E-state index contributed by atoms with van der Waals surface area (Å²) >= 11 is 0. The Morgan fingerprint density at radius 1 is 0.853 bits per heavy atom. The molecule has 4 unspecified atom stereocenters. The highest BCUT2D eigenvalue weighted by Gasteiger charge is 2.24. The summed E-state index contributed by atoms with van der Waals surface area (Å²) in [5.41, 5.74) is 0. The summed E-state index contributed by atoms with van der Waals surface area (Å²) in [7, 11) is 0. The molecule has 0 aliphatic heterocycles. The van der Waals surface area contributed by atoms with Gasteiger partial charge in [0.25, 0.3) is 0 Å². The van der Waals surface area contributed by atoms with Crippen molar-refractivity contribution in [1.29, 1.82) is 0 Å². The van der Waals surface area contributed by atoms with Crippen LogP contribution in [0.4, 0.5) is 9.59 Å². The van der Waals surface area contributed by atoms with Crippen LogP contribution in [0.25, 0.3) is 0 Å². The van der Waals surface area contributed by atoms with Gasteiger partial charge in [-0.1, -0.05) is 33.4 Å². The molecule has 4 atom stereocenters. The first-order valence-electron chi connectivity index (χ1n) is 11.8. The maximum absolute atomic E-state index is 12.1. The van der Waals surface area contributed by atoms with E-state index in [9.17, 15) is 19.2 Å². The molecule has 1 aliphatic carbocycles. The van der Waals surface area contributed by atoms with Crippen LogP contribution < -0.4 is 10.6 Å². The first-order chi connectivity index (χ1) is 16.3. The van der Waals surface area contributed by atoms with E-state index >= 15 is 0 Å². The van der Waals surface area contributed by atoms with Gasteiger partial charge in [-0.05, 0) is 43.9 Å². The normalized spacial score (nSPS) is 19.0. The zero-order chi connectivity index (χ0) is 25.3. The zero-order valence-corrected chi connectivity index (χ0v) is 20.2. The molecule has 1 fully saturated rings. The number of hydrogen-bond donors (Lipinski definition) is 2. The van der Waals surface area contributed by atoms with Crippen molar-refractivity contribution in [3.8, 4) is 0 Å².